The SMILES string of the molecule is COc1ccccc1[C@H]1C2=C(Nc3ncnn31)c1ccccc1O[C@H]2c1cc(OC)c(OC)c(OC)c1. The molecule has 9 heteroatoms. The summed E-state index contributed by atoms with van der Waals surface area (Å²) in [6.45, 7) is 0. The molecule has 2 atom stereocenters. The second-order valence-corrected chi connectivity index (χ2v) is 8.58. The van der Waals surface area contributed by atoms with Gasteiger partial charge >= 0.3 is 0 Å². The first-order valence-corrected chi connectivity index (χ1v) is 11.8. The Bertz CT molecular complexity index is 1490. The number of hydrogen-bond donors (Lipinski definition) is 1. The third kappa shape index (κ3) is 3.54. The van der Waals surface area contributed by atoms with E-state index in [1.165, 1.54) is 0 Å². The predicted molar refractivity (Wildman–Crippen MR) is 138 cm³/mol. The molecular formula is C28H26N4O5. The monoisotopic (exact) mass is 498 g/mol. The molecule has 0 fully saturated rings. The zero-order valence-electron chi connectivity index (χ0n) is 20.9. The summed E-state index contributed by atoms with van der Waals surface area (Å²) in [6.07, 6.45) is 1.03. The molecule has 0 bridgehead atoms. The highest BCUT2D eigenvalue weighted by Gasteiger charge is 2.42. The van der Waals surface area contributed by atoms with Crippen LogP contribution in [0, 0.1) is 0 Å². The molecule has 3 heterocycles. The second-order valence-electron chi connectivity index (χ2n) is 8.58. The summed E-state index contributed by atoms with van der Waals surface area (Å²) in [5.41, 5.74) is 4.58. The highest BCUT2D eigenvalue weighted by atomic mass is 16.5. The lowest BCUT2D eigenvalue weighted by Gasteiger charge is -2.39. The maximum atomic E-state index is 6.72. The van der Waals surface area contributed by atoms with Gasteiger partial charge in [0.1, 0.15) is 30.0 Å². The summed E-state index contributed by atoms with van der Waals surface area (Å²) in [4.78, 5) is 4.50. The first kappa shape index (κ1) is 22.8. The van der Waals surface area contributed by atoms with Crippen molar-refractivity contribution in [3.63, 3.8) is 0 Å². The fourth-order valence-electron chi connectivity index (χ4n) is 5.14. The van der Waals surface area contributed by atoms with Gasteiger partial charge in [-0.05, 0) is 30.3 Å². The van der Waals surface area contributed by atoms with Crippen molar-refractivity contribution in [2.75, 3.05) is 33.8 Å². The second kappa shape index (κ2) is 9.09. The molecule has 1 N–H and O–H groups in total. The summed E-state index contributed by atoms with van der Waals surface area (Å²) in [7, 11) is 6.46. The highest BCUT2D eigenvalue weighted by molar-refractivity contribution is 5.85. The molecule has 0 amide bonds. The third-order valence-corrected chi connectivity index (χ3v) is 6.74. The van der Waals surface area contributed by atoms with Gasteiger partial charge < -0.3 is 29.0 Å². The van der Waals surface area contributed by atoms with Crippen LogP contribution in [0.15, 0.2) is 72.6 Å². The predicted octanol–water partition coefficient (Wildman–Crippen LogP) is 4.87. The van der Waals surface area contributed by atoms with Gasteiger partial charge in [-0.1, -0.05) is 30.3 Å². The molecule has 0 saturated heterocycles. The smallest absolute Gasteiger partial charge is 0.226 e. The molecule has 9 nitrogen and oxygen atoms in total. The number of methoxy groups -OCH3 is 4. The molecule has 0 aliphatic carbocycles. The molecule has 3 aromatic carbocycles. The minimum atomic E-state index is -0.515. The minimum Gasteiger partial charge on any atom is -0.496 e. The molecule has 4 aromatic rings. The molecule has 0 spiro atoms. The summed E-state index contributed by atoms with van der Waals surface area (Å²) in [5.74, 6) is 3.72. The molecule has 2 aliphatic rings. The Morgan fingerprint density at radius 2 is 1.54 bits per heavy atom. The minimum absolute atomic E-state index is 0.359. The van der Waals surface area contributed by atoms with Crippen LogP contribution in [0.4, 0.5) is 5.95 Å². The van der Waals surface area contributed by atoms with Crippen molar-refractivity contribution in [3.05, 3.63) is 89.3 Å². The Kier molecular flexibility index (Phi) is 5.60. The van der Waals surface area contributed by atoms with Crippen molar-refractivity contribution in [3.8, 4) is 28.7 Å². The average Bonchev–Trinajstić information content (AvgIpc) is 3.43. The first-order chi connectivity index (χ1) is 18.2. The van der Waals surface area contributed by atoms with Gasteiger partial charge in [0.05, 0.1) is 34.1 Å². The van der Waals surface area contributed by atoms with Crippen LogP contribution in [0.25, 0.3) is 5.70 Å². The van der Waals surface area contributed by atoms with Gasteiger partial charge in [-0.25, -0.2) is 4.68 Å². The van der Waals surface area contributed by atoms with Gasteiger partial charge in [-0.2, -0.15) is 10.1 Å². The standard InChI is InChI=1S/C28H26N4O5/c1-33-19-11-7-6-10-18(19)25-23-24(31-28-29-15-30-32(25)28)17-9-5-8-12-20(17)37-26(23)16-13-21(34-2)27(36-4)22(14-16)35-3/h5-15,25-26H,1-4H3,(H,29,30,31)/t25-,26-/m0/s1. The Hall–Kier alpha value is -4.66. The average molecular weight is 499 g/mol. The van der Waals surface area contributed by atoms with Crippen LogP contribution in [-0.2, 0) is 0 Å². The summed E-state index contributed by atoms with van der Waals surface area (Å²) < 4.78 is 31.3. The van der Waals surface area contributed by atoms with E-state index in [0.29, 0.717) is 23.2 Å². The number of hydrogen-bond acceptors (Lipinski definition) is 8. The molecule has 1 aromatic heterocycles. The first-order valence-electron chi connectivity index (χ1n) is 11.8. The van der Waals surface area contributed by atoms with Gasteiger partial charge in [-0.3, -0.25) is 0 Å². The van der Waals surface area contributed by atoms with Gasteiger partial charge in [0.2, 0.25) is 11.7 Å². The van der Waals surface area contributed by atoms with Crippen molar-refractivity contribution >= 4 is 11.6 Å². The van der Waals surface area contributed by atoms with Gasteiger partial charge in [-0.15, -0.1) is 0 Å². The Morgan fingerprint density at radius 1 is 0.838 bits per heavy atom. The lowest BCUT2D eigenvalue weighted by Crippen LogP contribution is -2.32. The van der Waals surface area contributed by atoms with Crippen LogP contribution in [0.2, 0.25) is 0 Å². The number of benzene rings is 3. The quantitative estimate of drug-likeness (QED) is 0.403. The summed E-state index contributed by atoms with van der Waals surface area (Å²) in [6, 6.07) is 19.3. The van der Waals surface area contributed by atoms with Gasteiger partial charge in [0.15, 0.2) is 11.5 Å². The Morgan fingerprint density at radius 3 is 2.27 bits per heavy atom. The number of para-hydroxylation sites is 2. The number of anilines is 1. The van der Waals surface area contributed by atoms with E-state index < -0.39 is 6.10 Å². The topological polar surface area (TPSA) is 88.9 Å². The van der Waals surface area contributed by atoms with E-state index in [1.54, 1.807) is 34.8 Å². The van der Waals surface area contributed by atoms with E-state index >= 15 is 0 Å². The molecular weight excluding hydrogens is 472 g/mol. The van der Waals surface area contributed by atoms with Crippen LogP contribution in [0.1, 0.15) is 28.8 Å². The van der Waals surface area contributed by atoms with Crippen molar-refractivity contribution < 1.29 is 23.7 Å². The van der Waals surface area contributed by atoms with E-state index in [2.05, 4.69) is 15.4 Å². The summed E-state index contributed by atoms with van der Waals surface area (Å²) >= 11 is 0. The maximum Gasteiger partial charge on any atom is 0.226 e. The van der Waals surface area contributed by atoms with Crippen LogP contribution in [-0.4, -0.2) is 43.2 Å². The van der Waals surface area contributed by atoms with E-state index in [9.17, 15) is 0 Å². The highest BCUT2D eigenvalue weighted by Crippen LogP contribution is 2.53. The number of aromatic nitrogens is 3. The van der Waals surface area contributed by atoms with Crippen molar-refractivity contribution in [2.24, 2.45) is 0 Å². The largest absolute Gasteiger partial charge is 0.496 e. The summed E-state index contributed by atoms with van der Waals surface area (Å²) in [5, 5.41) is 8.10. The van der Waals surface area contributed by atoms with Crippen LogP contribution < -0.4 is 29.0 Å². The van der Waals surface area contributed by atoms with E-state index in [1.807, 2.05) is 65.3 Å². The zero-order valence-corrected chi connectivity index (χ0v) is 20.9. The number of nitrogens with one attached hydrogen (secondary N) is 1. The molecule has 0 saturated carbocycles. The van der Waals surface area contributed by atoms with Gasteiger partial charge in [0.25, 0.3) is 0 Å². The Labute approximate surface area is 214 Å². The lowest BCUT2D eigenvalue weighted by molar-refractivity contribution is 0.220. The number of ether oxygens (including phenoxy) is 5. The number of rotatable bonds is 6. The van der Waals surface area contributed by atoms with Crippen LogP contribution in [0.5, 0.6) is 28.7 Å². The molecule has 37 heavy (non-hydrogen) atoms. The fraction of sp³-hybridized carbons (Fsp3) is 0.214. The molecule has 0 unspecified atom stereocenters. The van der Waals surface area contributed by atoms with Crippen molar-refractivity contribution in [2.45, 2.75) is 12.1 Å². The maximum absolute atomic E-state index is 6.72. The van der Waals surface area contributed by atoms with Crippen molar-refractivity contribution in [1.29, 1.82) is 0 Å². The molecule has 188 valence electrons. The van der Waals surface area contributed by atoms with E-state index in [4.69, 9.17) is 23.7 Å². The normalized spacial score (nSPS) is 17.5. The fourth-order valence-corrected chi connectivity index (χ4v) is 5.14. The molecule has 6 rings (SSSR count). The third-order valence-electron chi connectivity index (χ3n) is 6.74. The van der Waals surface area contributed by atoms with E-state index in [0.717, 1.165) is 39.5 Å². The number of fused-ring (bicyclic) bond motifs is 3. The van der Waals surface area contributed by atoms with Gasteiger partial charge in [0, 0.05) is 22.3 Å². The van der Waals surface area contributed by atoms with E-state index in [-0.39, 0.29) is 6.04 Å². The van der Waals surface area contributed by atoms with Crippen molar-refractivity contribution in [1.82, 2.24) is 14.8 Å². The lowest BCUT2D eigenvalue weighted by atomic mass is 9.84. The molecule has 0 radical (unpaired) electrons. The zero-order chi connectivity index (χ0) is 25.5. The number of nitrogens with zero attached hydrogens (tertiary/aromatic N) is 3. The van der Waals surface area contributed by atoms with Crippen LogP contribution >= 0.6 is 0 Å². The Balaban J connectivity index is 1.64. The molecule has 2 aliphatic heterocycles. The van der Waals surface area contributed by atoms with Crippen LogP contribution in [0.3, 0.4) is 0 Å².